The highest BCUT2D eigenvalue weighted by Crippen LogP contribution is 2.43. The van der Waals surface area contributed by atoms with Crippen molar-refractivity contribution in [3.8, 4) is 56.4 Å². The van der Waals surface area contributed by atoms with Gasteiger partial charge >= 0.3 is 0 Å². The smallest absolute Gasteiger partial charge is 0.164 e. The summed E-state index contributed by atoms with van der Waals surface area (Å²) in [5.74, 6) is 1.85. The van der Waals surface area contributed by atoms with Crippen molar-refractivity contribution in [2.24, 2.45) is 0 Å². The predicted octanol–water partition coefficient (Wildman–Crippen LogP) is 13.6. The number of aromatic nitrogens is 3. The largest absolute Gasteiger partial charge is 0.455 e. The van der Waals surface area contributed by atoms with Gasteiger partial charge in [0.15, 0.2) is 17.5 Å². The molecule has 0 amide bonds. The second-order valence-corrected chi connectivity index (χ2v) is 14.7. The van der Waals surface area contributed by atoms with Crippen molar-refractivity contribution in [1.29, 1.82) is 0 Å². The molecule has 3 aromatic heterocycles. The zero-order valence-electron chi connectivity index (χ0n) is 28.9. The zero-order chi connectivity index (χ0) is 35.6. The van der Waals surface area contributed by atoms with Crippen molar-refractivity contribution >= 4 is 64.2 Å². The summed E-state index contributed by atoms with van der Waals surface area (Å²) in [5, 5.41) is 6.79. The molecule has 11 aromatic rings. The van der Waals surface area contributed by atoms with Gasteiger partial charge in [0.2, 0.25) is 0 Å². The van der Waals surface area contributed by atoms with Crippen LogP contribution >= 0.6 is 11.3 Å². The molecule has 3 heterocycles. The van der Waals surface area contributed by atoms with E-state index in [1.165, 1.54) is 31.3 Å². The molecule has 0 aliphatic heterocycles. The molecule has 0 fully saturated rings. The molecule has 0 N–H and O–H groups in total. The summed E-state index contributed by atoms with van der Waals surface area (Å²) in [7, 11) is 0. The lowest BCUT2D eigenvalue weighted by molar-refractivity contribution is 0.670. The summed E-state index contributed by atoms with van der Waals surface area (Å²) in [4.78, 5) is 15.5. The van der Waals surface area contributed by atoms with Crippen LogP contribution in [0, 0.1) is 0 Å². The fourth-order valence-electron chi connectivity index (χ4n) is 7.66. The molecule has 8 aromatic carbocycles. The Morgan fingerprint density at radius 3 is 1.74 bits per heavy atom. The molecule has 5 heteroatoms. The number of fused-ring (bicyclic) bond motifs is 7. The van der Waals surface area contributed by atoms with Gasteiger partial charge in [0, 0.05) is 53.2 Å². The van der Waals surface area contributed by atoms with E-state index in [0.717, 1.165) is 60.5 Å². The van der Waals surface area contributed by atoms with Gasteiger partial charge in [0.05, 0.1) is 0 Å². The Hall–Kier alpha value is -6.95. The first-order valence-corrected chi connectivity index (χ1v) is 18.8. The fourth-order valence-corrected chi connectivity index (χ4v) is 8.80. The van der Waals surface area contributed by atoms with Crippen LogP contribution in [0.2, 0.25) is 0 Å². The maximum absolute atomic E-state index is 6.86. The van der Waals surface area contributed by atoms with E-state index in [9.17, 15) is 0 Å². The van der Waals surface area contributed by atoms with Crippen LogP contribution < -0.4 is 0 Å². The van der Waals surface area contributed by atoms with Gasteiger partial charge in [-0.3, -0.25) is 0 Å². The average molecular weight is 708 g/mol. The molecule has 0 radical (unpaired) electrons. The lowest BCUT2D eigenvalue weighted by Gasteiger charge is -2.11. The third kappa shape index (κ3) is 5.09. The van der Waals surface area contributed by atoms with E-state index in [1.807, 2.05) is 24.3 Å². The summed E-state index contributed by atoms with van der Waals surface area (Å²) >= 11 is 1.79. The van der Waals surface area contributed by atoms with Crippen LogP contribution in [-0.4, -0.2) is 15.0 Å². The van der Waals surface area contributed by atoms with Crippen molar-refractivity contribution < 1.29 is 4.42 Å². The molecular weight excluding hydrogens is 679 g/mol. The second kappa shape index (κ2) is 12.3. The third-order valence-corrected chi connectivity index (χ3v) is 11.5. The Bertz CT molecular complexity index is 3200. The summed E-state index contributed by atoms with van der Waals surface area (Å²) in [6.45, 7) is 0. The number of thiophene rings is 1. The van der Waals surface area contributed by atoms with Crippen molar-refractivity contribution in [2.75, 3.05) is 0 Å². The molecule has 4 nitrogen and oxygen atoms in total. The molecule has 0 bridgehead atoms. The Balaban J connectivity index is 1.15. The van der Waals surface area contributed by atoms with E-state index in [0.29, 0.717) is 17.5 Å². The summed E-state index contributed by atoms with van der Waals surface area (Å²) in [6, 6.07) is 61.5. The number of hydrogen-bond donors (Lipinski definition) is 0. The molecule has 0 aliphatic carbocycles. The van der Waals surface area contributed by atoms with E-state index in [1.54, 1.807) is 11.3 Å². The molecule has 54 heavy (non-hydrogen) atoms. The van der Waals surface area contributed by atoms with Crippen LogP contribution in [0.15, 0.2) is 180 Å². The molecule has 0 atom stereocenters. The number of rotatable bonds is 5. The van der Waals surface area contributed by atoms with Crippen molar-refractivity contribution in [1.82, 2.24) is 15.0 Å². The van der Waals surface area contributed by atoms with E-state index >= 15 is 0 Å². The highest BCUT2D eigenvalue weighted by molar-refractivity contribution is 7.25. The average Bonchev–Trinajstić information content (AvgIpc) is 3.81. The van der Waals surface area contributed by atoms with Crippen LogP contribution in [0.25, 0.3) is 109 Å². The second-order valence-electron chi connectivity index (χ2n) is 13.6. The standard InChI is InChI=1S/C49H29N3OS/c1-3-11-30(12-4-1)31-19-21-32(22-20-31)37-25-26-40(45-41-27-34-15-7-8-16-35(34)28-42(41)53-46(37)45)49-51-47(33-13-5-2-6-14-33)50-48(52-49)36-23-24-39-38-17-9-10-18-43(38)54-44(39)29-36/h1-29H. The van der Waals surface area contributed by atoms with Crippen molar-refractivity contribution in [3.05, 3.63) is 176 Å². The maximum Gasteiger partial charge on any atom is 0.164 e. The monoisotopic (exact) mass is 707 g/mol. The quantitative estimate of drug-likeness (QED) is 0.179. The first-order chi connectivity index (χ1) is 26.7. The lowest BCUT2D eigenvalue weighted by Crippen LogP contribution is -2.00. The minimum absolute atomic E-state index is 0.599. The molecule has 0 spiro atoms. The maximum atomic E-state index is 6.86. The zero-order valence-corrected chi connectivity index (χ0v) is 29.7. The van der Waals surface area contributed by atoms with Gasteiger partial charge in [-0.1, -0.05) is 140 Å². The SMILES string of the molecule is c1ccc(-c2ccc(-c3ccc(-c4nc(-c5ccccc5)nc(-c5ccc6c(c5)sc5ccccc56)n4)c4c3oc3cc5ccccc5cc34)cc2)cc1. The molecule has 0 unspecified atom stereocenters. The van der Waals surface area contributed by atoms with Crippen molar-refractivity contribution in [2.45, 2.75) is 0 Å². The Morgan fingerprint density at radius 2 is 0.944 bits per heavy atom. The van der Waals surface area contributed by atoms with E-state index in [4.69, 9.17) is 19.4 Å². The number of hydrogen-bond acceptors (Lipinski definition) is 5. The van der Waals surface area contributed by atoms with Gasteiger partial charge in [0.1, 0.15) is 11.2 Å². The van der Waals surface area contributed by atoms with Gasteiger partial charge < -0.3 is 4.42 Å². The normalized spacial score (nSPS) is 11.7. The minimum atomic E-state index is 0.599. The molecule has 11 rings (SSSR count). The third-order valence-electron chi connectivity index (χ3n) is 10.3. The molecule has 0 saturated heterocycles. The molecular formula is C49H29N3OS. The van der Waals surface area contributed by atoms with E-state index in [2.05, 4.69) is 152 Å². The van der Waals surface area contributed by atoms with Crippen LogP contribution in [-0.2, 0) is 0 Å². The Morgan fingerprint density at radius 1 is 0.370 bits per heavy atom. The number of nitrogens with zero attached hydrogens (tertiary/aromatic N) is 3. The van der Waals surface area contributed by atoms with Gasteiger partial charge in [0.25, 0.3) is 0 Å². The van der Waals surface area contributed by atoms with Crippen molar-refractivity contribution in [3.63, 3.8) is 0 Å². The van der Waals surface area contributed by atoms with Gasteiger partial charge in [-0.2, -0.15) is 0 Å². The first-order valence-electron chi connectivity index (χ1n) is 18.0. The van der Waals surface area contributed by atoms with Crippen LogP contribution in [0.5, 0.6) is 0 Å². The van der Waals surface area contributed by atoms with Crippen LogP contribution in [0.3, 0.4) is 0 Å². The van der Waals surface area contributed by atoms with Gasteiger partial charge in [-0.15, -0.1) is 11.3 Å². The topological polar surface area (TPSA) is 51.8 Å². The molecule has 0 saturated carbocycles. The lowest BCUT2D eigenvalue weighted by atomic mass is 9.95. The van der Waals surface area contributed by atoms with E-state index < -0.39 is 0 Å². The highest BCUT2D eigenvalue weighted by atomic mass is 32.1. The first kappa shape index (κ1) is 30.7. The summed E-state index contributed by atoms with van der Waals surface area (Å²) in [6.07, 6.45) is 0. The Kier molecular flexibility index (Phi) is 7.00. The van der Waals surface area contributed by atoms with E-state index in [-0.39, 0.29) is 0 Å². The highest BCUT2D eigenvalue weighted by Gasteiger charge is 2.22. The summed E-state index contributed by atoms with van der Waals surface area (Å²) in [5.41, 5.74) is 8.85. The van der Waals surface area contributed by atoms with Crippen LogP contribution in [0.1, 0.15) is 0 Å². The number of benzene rings is 8. The molecule has 252 valence electrons. The number of furan rings is 1. The van der Waals surface area contributed by atoms with Crippen LogP contribution in [0.4, 0.5) is 0 Å². The minimum Gasteiger partial charge on any atom is -0.455 e. The van der Waals surface area contributed by atoms with Gasteiger partial charge in [-0.05, 0) is 63.9 Å². The molecule has 0 aliphatic rings. The van der Waals surface area contributed by atoms with Gasteiger partial charge in [-0.25, -0.2) is 15.0 Å². The Labute approximate surface area is 314 Å². The fraction of sp³-hybridized carbons (Fsp3) is 0. The predicted molar refractivity (Wildman–Crippen MR) is 225 cm³/mol. The summed E-state index contributed by atoms with van der Waals surface area (Å²) < 4.78 is 9.33.